The molecule has 0 radical (unpaired) electrons. The predicted octanol–water partition coefficient (Wildman–Crippen LogP) is 3.79. The lowest BCUT2D eigenvalue weighted by Crippen LogP contribution is -2.10. The van der Waals surface area contributed by atoms with E-state index in [0.29, 0.717) is 36.0 Å². The van der Waals surface area contributed by atoms with Crippen LogP contribution in [0.3, 0.4) is 0 Å². The van der Waals surface area contributed by atoms with Crippen LogP contribution in [0.1, 0.15) is 5.56 Å². The Balaban J connectivity index is 1.89. The molecule has 0 amide bonds. The Morgan fingerprint density at radius 1 is 1.00 bits per heavy atom. The first kappa shape index (κ1) is 15.2. The molecule has 0 fully saturated rings. The van der Waals surface area contributed by atoms with Gasteiger partial charge in [0, 0.05) is 4.47 Å². The van der Waals surface area contributed by atoms with Gasteiger partial charge in [-0.15, -0.1) is 0 Å². The van der Waals surface area contributed by atoms with E-state index in [1.165, 1.54) is 0 Å². The SMILES string of the molecule is COc1ccccc1OCCOc1ccc(Br)cc1C#N. The summed E-state index contributed by atoms with van der Waals surface area (Å²) in [5.41, 5.74) is 0.488. The van der Waals surface area contributed by atoms with Gasteiger partial charge >= 0.3 is 0 Å². The zero-order valence-corrected chi connectivity index (χ0v) is 13.1. The molecule has 0 aliphatic rings. The van der Waals surface area contributed by atoms with Gasteiger partial charge in [0.15, 0.2) is 11.5 Å². The van der Waals surface area contributed by atoms with Crippen LogP contribution in [0.2, 0.25) is 0 Å². The number of nitriles is 1. The van der Waals surface area contributed by atoms with Crippen molar-refractivity contribution in [2.24, 2.45) is 0 Å². The second-order valence-corrected chi connectivity index (χ2v) is 5.02. The minimum Gasteiger partial charge on any atom is -0.493 e. The second-order valence-electron chi connectivity index (χ2n) is 4.10. The lowest BCUT2D eigenvalue weighted by molar-refractivity contribution is 0.211. The van der Waals surface area contributed by atoms with E-state index in [1.807, 2.05) is 30.3 Å². The van der Waals surface area contributed by atoms with Crippen LogP contribution in [-0.2, 0) is 0 Å². The van der Waals surface area contributed by atoms with Gasteiger partial charge in [-0.1, -0.05) is 28.1 Å². The van der Waals surface area contributed by atoms with Crippen LogP contribution in [0.25, 0.3) is 0 Å². The van der Waals surface area contributed by atoms with E-state index in [1.54, 1.807) is 19.2 Å². The lowest BCUT2D eigenvalue weighted by atomic mass is 10.2. The largest absolute Gasteiger partial charge is 0.493 e. The Morgan fingerprint density at radius 2 is 1.67 bits per heavy atom. The molecule has 0 bridgehead atoms. The van der Waals surface area contributed by atoms with Crippen molar-refractivity contribution in [1.82, 2.24) is 0 Å². The third-order valence-electron chi connectivity index (χ3n) is 2.73. The molecule has 4 nitrogen and oxygen atoms in total. The van der Waals surface area contributed by atoms with Crippen molar-refractivity contribution < 1.29 is 14.2 Å². The van der Waals surface area contributed by atoms with Gasteiger partial charge < -0.3 is 14.2 Å². The summed E-state index contributed by atoms with van der Waals surface area (Å²) in [5, 5.41) is 9.05. The fourth-order valence-corrected chi connectivity index (χ4v) is 2.12. The molecule has 0 saturated carbocycles. The molecule has 0 atom stereocenters. The van der Waals surface area contributed by atoms with Gasteiger partial charge in [0.1, 0.15) is 25.0 Å². The normalized spacial score (nSPS) is 9.76. The summed E-state index contributed by atoms with van der Waals surface area (Å²) in [6.45, 7) is 0.704. The van der Waals surface area contributed by atoms with E-state index in [9.17, 15) is 0 Å². The van der Waals surface area contributed by atoms with Crippen LogP contribution in [0.15, 0.2) is 46.9 Å². The summed E-state index contributed by atoms with van der Waals surface area (Å²) in [6, 6.07) is 14.8. The molecule has 21 heavy (non-hydrogen) atoms. The first-order chi connectivity index (χ1) is 10.2. The molecule has 5 heteroatoms. The highest BCUT2D eigenvalue weighted by atomic mass is 79.9. The highest BCUT2D eigenvalue weighted by Gasteiger charge is 2.05. The van der Waals surface area contributed by atoms with Crippen molar-refractivity contribution in [3.63, 3.8) is 0 Å². The first-order valence-electron chi connectivity index (χ1n) is 6.33. The molecule has 0 N–H and O–H groups in total. The predicted molar refractivity (Wildman–Crippen MR) is 82.8 cm³/mol. The van der Waals surface area contributed by atoms with E-state index >= 15 is 0 Å². The van der Waals surface area contributed by atoms with Crippen molar-refractivity contribution in [1.29, 1.82) is 5.26 Å². The van der Waals surface area contributed by atoms with Gasteiger partial charge in [-0.2, -0.15) is 5.26 Å². The molecule has 0 aromatic heterocycles. The second kappa shape index (κ2) is 7.55. The Kier molecular flexibility index (Phi) is 5.47. The topological polar surface area (TPSA) is 51.5 Å². The lowest BCUT2D eigenvalue weighted by Gasteiger charge is -2.11. The number of halogens is 1. The fourth-order valence-electron chi connectivity index (χ4n) is 1.76. The van der Waals surface area contributed by atoms with Gasteiger partial charge in [-0.25, -0.2) is 0 Å². The van der Waals surface area contributed by atoms with Gasteiger partial charge in [-0.3, -0.25) is 0 Å². The monoisotopic (exact) mass is 347 g/mol. The molecule has 0 spiro atoms. The average molecular weight is 348 g/mol. The number of nitrogens with zero attached hydrogens (tertiary/aromatic N) is 1. The van der Waals surface area contributed by atoms with E-state index in [0.717, 1.165) is 4.47 Å². The number of hydrogen-bond donors (Lipinski definition) is 0. The van der Waals surface area contributed by atoms with Crippen LogP contribution >= 0.6 is 15.9 Å². The number of rotatable bonds is 6. The van der Waals surface area contributed by atoms with Crippen LogP contribution in [-0.4, -0.2) is 20.3 Å². The number of hydrogen-bond acceptors (Lipinski definition) is 4. The smallest absolute Gasteiger partial charge is 0.161 e. The Labute approximate surface area is 132 Å². The molecular weight excluding hydrogens is 334 g/mol. The molecule has 0 aliphatic heterocycles. The van der Waals surface area contributed by atoms with Crippen LogP contribution in [0, 0.1) is 11.3 Å². The molecule has 0 unspecified atom stereocenters. The number of methoxy groups -OCH3 is 1. The van der Waals surface area contributed by atoms with Gasteiger partial charge in [-0.05, 0) is 30.3 Å². The average Bonchev–Trinajstić information content (AvgIpc) is 2.52. The molecule has 2 aromatic rings. The molecule has 2 rings (SSSR count). The molecule has 0 aliphatic carbocycles. The minimum absolute atomic E-state index is 0.342. The zero-order valence-electron chi connectivity index (χ0n) is 11.5. The quantitative estimate of drug-likeness (QED) is 0.746. The van der Waals surface area contributed by atoms with E-state index in [2.05, 4.69) is 22.0 Å². The van der Waals surface area contributed by atoms with Crippen molar-refractivity contribution in [2.45, 2.75) is 0 Å². The summed E-state index contributed by atoms with van der Waals surface area (Å²) in [6.07, 6.45) is 0. The number of para-hydroxylation sites is 2. The summed E-state index contributed by atoms with van der Waals surface area (Å²) >= 11 is 3.32. The first-order valence-corrected chi connectivity index (χ1v) is 7.12. The summed E-state index contributed by atoms with van der Waals surface area (Å²) in [5.74, 6) is 1.89. The Morgan fingerprint density at radius 3 is 2.33 bits per heavy atom. The van der Waals surface area contributed by atoms with E-state index in [-0.39, 0.29) is 0 Å². The van der Waals surface area contributed by atoms with Crippen LogP contribution in [0.5, 0.6) is 17.2 Å². The van der Waals surface area contributed by atoms with Gasteiger partial charge in [0.25, 0.3) is 0 Å². The zero-order chi connectivity index (χ0) is 15.1. The molecule has 108 valence electrons. The van der Waals surface area contributed by atoms with E-state index in [4.69, 9.17) is 19.5 Å². The Hall–Kier alpha value is -2.19. The van der Waals surface area contributed by atoms with Gasteiger partial charge in [0.2, 0.25) is 0 Å². The van der Waals surface area contributed by atoms with Crippen molar-refractivity contribution in [3.05, 3.63) is 52.5 Å². The standard InChI is InChI=1S/C16H14BrNO3/c1-19-15-4-2-3-5-16(15)21-9-8-20-14-7-6-13(17)10-12(14)11-18/h2-7,10H,8-9H2,1H3. The van der Waals surface area contributed by atoms with Crippen molar-refractivity contribution in [2.75, 3.05) is 20.3 Å². The maximum absolute atomic E-state index is 9.05. The third kappa shape index (κ3) is 4.14. The van der Waals surface area contributed by atoms with E-state index < -0.39 is 0 Å². The number of ether oxygens (including phenoxy) is 3. The van der Waals surface area contributed by atoms with Crippen LogP contribution < -0.4 is 14.2 Å². The third-order valence-corrected chi connectivity index (χ3v) is 3.22. The molecule has 0 heterocycles. The maximum Gasteiger partial charge on any atom is 0.161 e. The summed E-state index contributed by atoms with van der Waals surface area (Å²) < 4.78 is 17.2. The number of benzene rings is 2. The highest BCUT2D eigenvalue weighted by Crippen LogP contribution is 2.26. The molecule has 0 saturated heterocycles. The molecule has 2 aromatic carbocycles. The van der Waals surface area contributed by atoms with Gasteiger partial charge in [0.05, 0.1) is 12.7 Å². The maximum atomic E-state index is 9.05. The Bertz CT molecular complexity index is 652. The van der Waals surface area contributed by atoms with Crippen molar-refractivity contribution in [3.8, 4) is 23.3 Å². The highest BCUT2D eigenvalue weighted by molar-refractivity contribution is 9.10. The van der Waals surface area contributed by atoms with Crippen LogP contribution in [0.4, 0.5) is 0 Å². The summed E-state index contributed by atoms with van der Waals surface area (Å²) in [4.78, 5) is 0. The fraction of sp³-hybridized carbons (Fsp3) is 0.188. The minimum atomic E-state index is 0.342. The van der Waals surface area contributed by atoms with Crippen molar-refractivity contribution >= 4 is 15.9 Å². The summed E-state index contributed by atoms with van der Waals surface area (Å²) in [7, 11) is 1.60. The molecular formula is C16H14BrNO3.